The fourth-order valence-corrected chi connectivity index (χ4v) is 4.81. The third kappa shape index (κ3) is 4.43. The van der Waals surface area contributed by atoms with E-state index < -0.39 is 0 Å². The van der Waals surface area contributed by atoms with Gasteiger partial charge in [-0.05, 0) is 73.6 Å². The predicted octanol–water partition coefficient (Wildman–Crippen LogP) is 4.64. The molecule has 1 amide bonds. The number of hydrogen-bond donors (Lipinski definition) is 1. The summed E-state index contributed by atoms with van der Waals surface area (Å²) in [5.41, 5.74) is 2.14. The van der Waals surface area contributed by atoms with E-state index >= 15 is 0 Å². The first-order chi connectivity index (χ1) is 15.0. The lowest BCUT2D eigenvalue weighted by Crippen LogP contribution is -2.30. The van der Waals surface area contributed by atoms with Gasteiger partial charge in [-0.2, -0.15) is 0 Å². The van der Waals surface area contributed by atoms with Gasteiger partial charge in [0.25, 0.3) is 5.91 Å². The van der Waals surface area contributed by atoms with Gasteiger partial charge in [-0.15, -0.1) is 11.3 Å². The average Bonchev–Trinajstić information content (AvgIpc) is 3.48. The molecular weight excluding hydrogens is 413 g/mol. The van der Waals surface area contributed by atoms with Crippen LogP contribution < -0.4 is 19.9 Å². The van der Waals surface area contributed by atoms with Crippen molar-refractivity contribution >= 4 is 28.6 Å². The molecule has 1 unspecified atom stereocenters. The van der Waals surface area contributed by atoms with Crippen LogP contribution in [0.5, 0.6) is 5.75 Å². The molecule has 0 aliphatic carbocycles. The topological polar surface area (TPSA) is 44.8 Å². The second kappa shape index (κ2) is 9.08. The van der Waals surface area contributed by atoms with Crippen molar-refractivity contribution in [3.05, 3.63) is 65.3 Å². The van der Waals surface area contributed by atoms with Gasteiger partial charge in [0.2, 0.25) is 0 Å². The number of ether oxygens (including phenoxy) is 1. The van der Waals surface area contributed by atoms with E-state index in [1.165, 1.54) is 22.3 Å². The Labute approximate surface area is 186 Å². The van der Waals surface area contributed by atoms with E-state index in [0.717, 1.165) is 35.7 Å². The molecule has 2 heterocycles. The Kier molecular flexibility index (Phi) is 6.25. The number of hydrogen-bond acceptors (Lipinski definition) is 5. The molecule has 1 fully saturated rings. The predicted molar refractivity (Wildman–Crippen MR) is 125 cm³/mol. The molecule has 4 rings (SSSR count). The maximum absolute atomic E-state index is 14.8. The SMILES string of the molecule is CNC1CCN(c2ccc(N(C)C(=O)c3ccc(-c4ccc(OC)cc4)s3)cc2F)C1. The fourth-order valence-electron chi connectivity index (χ4n) is 3.82. The van der Waals surface area contributed by atoms with E-state index in [1.807, 2.05) is 48.3 Å². The van der Waals surface area contributed by atoms with Crippen LogP contribution in [-0.2, 0) is 0 Å². The number of nitrogens with one attached hydrogen (secondary N) is 1. The number of likely N-dealkylation sites (N-methyl/N-ethyl adjacent to an activating group) is 1. The van der Waals surface area contributed by atoms with Gasteiger partial charge in [0.05, 0.1) is 17.7 Å². The summed E-state index contributed by atoms with van der Waals surface area (Å²) >= 11 is 1.42. The van der Waals surface area contributed by atoms with E-state index in [2.05, 4.69) is 5.32 Å². The molecule has 31 heavy (non-hydrogen) atoms. The van der Waals surface area contributed by atoms with Crippen LogP contribution in [0, 0.1) is 5.82 Å². The molecule has 0 spiro atoms. The summed E-state index contributed by atoms with van der Waals surface area (Å²) in [7, 11) is 5.24. The van der Waals surface area contributed by atoms with Crippen LogP contribution in [0.25, 0.3) is 10.4 Å². The molecule has 7 heteroatoms. The fraction of sp³-hybridized carbons (Fsp3) is 0.292. The molecule has 1 aromatic heterocycles. The van der Waals surface area contributed by atoms with Gasteiger partial charge in [-0.3, -0.25) is 4.79 Å². The van der Waals surface area contributed by atoms with Gasteiger partial charge in [0, 0.05) is 36.7 Å². The Morgan fingerprint density at radius 2 is 1.97 bits per heavy atom. The van der Waals surface area contributed by atoms with Crippen molar-refractivity contribution in [2.45, 2.75) is 12.5 Å². The molecule has 1 saturated heterocycles. The van der Waals surface area contributed by atoms with Crippen molar-refractivity contribution in [1.29, 1.82) is 0 Å². The lowest BCUT2D eigenvalue weighted by Gasteiger charge is -2.22. The molecular formula is C24H26FN3O2S. The Morgan fingerprint density at radius 3 is 2.61 bits per heavy atom. The third-order valence-corrected chi connectivity index (χ3v) is 6.87. The maximum atomic E-state index is 14.8. The van der Waals surface area contributed by atoms with E-state index in [-0.39, 0.29) is 11.7 Å². The minimum atomic E-state index is -0.306. The van der Waals surface area contributed by atoms with Crippen molar-refractivity contribution < 1.29 is 13.9 Å². The van der Waals surface area contributed by atoms with Crippen LogP contribution >= 0.6 is 11.3 Å². The smallest absolute Gasteiger partial charge is 0.268 e. The summed E-state index contributed by atoms with van der Waals surface area (Å²) < 4.78 is 20.0. The number of benzene rings is 2. The molecule has 1 aliphatic rings. The van der Waals surface area contributed by atoms with Gasteiger partial charge in [0.15, 0.2) is 0 Å². The molecule has 0 bridgehead atoms. The Balaban J connectivity index is 1.49. The third-order valence-electron chi connectivity index (χ3n) is 5.75. The second-order valence-corrected chi connectivity index (χ2v) is 8.70. The van der Waals surface area contributed by atoms with Crippen LogP contribution in [0.3, 0.4) is 0 Å². The first-order valence-corrected chi connectivity index (χ1v) is 11.1. The number of thiophene rings is 1. The minimum Gasteiger partial charge on any atom is -0.497 e. The summed E-state index contributed by atoms with van der Waals surface area (Å²) in [5.74, 6) is 0.324. The monoisotopic (exact) mass is 439 g/mol. The van der Waals surface area contributed by atoms with Gasteiger partial charge in [0.1, 0.15) is 11.6 Å². The zero-order chi connectivity index (χ0) is 22.0. The molecule has 1 N–H and O–H groups in total. The summed E-state index contributed by atoms with van der Waals surface area (Å²) in [6, 6.07) is 16.9. The van der Waals surface area contributed by atoms with Crippen molar-refractivity contribution in [3.63, 3.8) is 0 Å². The van der Waals surface area contributed by atoms with E-state index in [4.69, 9.17) is 4.74 Å². The molecule has 2 aromatic carbocycles. The molecule has 3 aromatic rings. The largest absolute Gasteiger partial charge is 0.497 e. The lowest BCUT2D eigenvalue weighted by molar-refractivity contribution is 0.0997. The second-order valence-electron chi connectivity index (χ2n) is 7.61. The van der Waals surface area contributed by atoms with Crippen LogP contribution in [0.2, 0.25) is 0 Å². The number of carbonyl (C=O) groups is 1. The highest BCUT2D eigenvalue weighted by atomic mass is 32.1. The van der Waals surface area contributed by atoms with Crippen molar-refractivity contribution in [3.8, 4) is 16.2 Å². The molecule has 1 atom stereocenters. The van der Waals surface area contributed by atoms with Gasteiger partial charge in [-0.1, -0.05) is 0 Å². The Hall–Kier alpha value is -2.90. The van der Waals surface area contributed by atoms with Crippen LogP contribution in [0.4, 0.5) is 15.8 Å². The summed E-state index contributed by atoms with van der Waals surface area (Å²) in [6.45, 7) is 1.60. The molecule has 5 nitrogen and oxygen atoms in total. The van der Waals surface area contributed by atoms with Gasteiger partial charge < -0.3 is 19.9 Å². The zero-order valence-corrected chi connectivity index (χ0v) is 18.7. The number of methoxy groups -OCH3 is 1. The lowest BCUT2D eigenvalue weighted by atomic mass is 10.2. The normalized spacial score (nSPS) is 15.9. The highest BCUT2D eigenvalue weighted by Crippen LogP contribution is 2.32. The minimum absolute atomic E-state index is 0.159. The standard InChI is InChI=1S/C24H26FN3O2S/c1-26-17-12-13-28(15-17)21-9-6-18(14-20(21)25)27(2)24(29)23-11-10-22(31-23)16-4-7-19(30-3)8-5-16/h4-11,14,17,26H,12-13,15H2,1-3H3. The van der Waals surface area contributed by atoms with E-state index in [1.54, 1.807) is 26.3 Å². The average molecular weight is 440 g/mol. The molecule has 1 aliphatic heterocycles. The Morgan fingerprint density at radius 1 is 1.19 bits per heavy atom. The number of anilines is 2. The zero-order valence-electron chi connectivity index (χ0n) is 17.9. The highest BCUT2D eigenvalue weighted by molar-refractivity contribution is 7.17. The number of rotatable bonds is 6. The van der Waals surface area contributed by atoms with Crippen molar-refractivity contribution in [2.75, 3.05) is 44.1 Å². The number of carbonyl (C=O) groups excluding carboxylic acids is 1. The van der Waals surface area contributed by atoms with Gasteiger partial charge >= 0.3 is 0 Å². The highest BCUT2D eigenvalue weighted by Gasteiger charge is 2.24. The van der Waals surface area contributed by atoms with Gasteiger partial charge in [-0.25, -0.2) is 4.39 Å². The summed E-state index contributed by atoms with van der Waals surface area (Å²) in [6.07, 6.45) is 0.991. The maximum Gasteiger partial charge on any atom is 0.268 e. The Bertz CT molecular complexity index is 1070. The quantitative estimate of drug-likeness (QED) is 0.608. The molecule has 0 saturated carbocycles. The van der Waals surface area contributed by atoms with E-state index in [9.17, 15) is 9.18 Å². The number of nitrogens with zero attached hydrogens (tertiary/aromatic N) is 2. The van der Waals surface area contributed by atoms with Crippen LogP contribution in [0.1, 0.15) is 16.1 Å². The van der Waals surface area contributed by atoms with Crippen molar-refractivity contribution in [1.82, 2.24) is 5.32 Å². The van der Waals surface area contributed by atoms with E-state index in [0.29, 0.717) is 22.3 Å². The molecule has 0 radical (unpaired) electrons. The van der Waals surface area contributed by atoms with Crippen molar-refractivity contribution in [2.24, 2.45) is 0 Å². The first-order valence-electron chi connectivity index (χ1n) is 10.2. The summed E-state index contributed by atoms with van der Waals surface area (Å²) in [4.78, 5) is 18.1. The molecule has 162 valence electrons. The van der Waals surface area contributed by atoms with Crippen LogP contribution in [0.15, 0.2) is 54.6 Å². The number of amides is 1. The van der Waals surface area contributed by atoms with Crippen LogP contribution in [-0.4, -0.2) is 46.2 Å². The first kappa shape index (κ1) is 21.3. The number of halogens is 1. The summed E-state index contributed by atoms with van der Waals surface area (Å²) in [5, 5.41) is 3.24.